The van der Waals surface area contributed by atoms with Crippen LogP contribution in [0, 0.1) is 17.3 Å². The van der Waals surface area contributed by atoms with Gasteiger partial charge in [-0.2, -0.15) is 0 Å². The fourth-order valence-electron chi connectivity index (χ4n) is 2.68. The Kier molecular flexibility index (Phi) is 3.33. The average molecular weight is 226 g/mol. The van der Waals surface area contributed by atoms with E-state index in [0.29, 0.717) is 23.5 Å². The lowest BCUT2D eigenvalue weighted by atomic mass is 9.87. The fourth-order valence-corrected chi connectivity index (χ4v) is 2.68. The zero-order chi connectivity index (χ0) is 11.9. The van der Waals surface area contributed by atoms with Gasteiger partial charge in [0, 0.05) is 5.92 Å². The van der Waals surface area contributed by atoms with E-state index in [2.05, 4.69) is 34.6 Å². The molecule has 0 radical (unpaired) electrons. The Morgan fingerprint density at radius 2 is 1.69 bits per heavy atom. The van der Waals surface area contributed by atoms with E-state index < -0.39 is 0 Å². The first-order chi connectivity index (χ1) is 7.35. The summed E-state index contributed by atoms with van der Waals surface area (Å²) in [6, 6.07) is 0. The molecule has 5 atom stereocenters. The molecule has 0 aromatic heterocycles. The Morgan fingerprint density at radius 3 is 2.19 bits per heavy atom. The third-order valence-electron chi connectivity index (χ3n) is 3.65. The van der Waals surface area contributed by atoms with Crippen molar-refractivity contribution in [3.05, 3.63) is 0 Å². The summed E-state index contributed by atoms with van der Waals surface area (Å²) in [5, 5.41) is 0. The van der Waals surface area contributed by atoms with E-state index in [1.54, 1.807) is 0 Å². The lowest BCUT2D eigenvalue weighted by Gasteiger charge is -2.37. The molecule has 1 aliphatic heterocycles. The molecule has 1 aliphatic carbocycles. The maximum Gasteiger partial charge on any atom is 0.161 e. The van der Waals surface area contributed by atoms with E-state index in [4.69, 9.17) is 9.47 Å². The lowest BCUT2D eigenvalue weighted by molar-refractivity contribution is -0.252. The van der Waals surface area contributed by atoms with Gasteiger partial charge in [0.15, 0.2) is 6.29 Å². The molecule has 2 heteroatoms. The second-order valence-electron chi connectivity index (χ2n) is 6.95. The van der Waals surface area contributed by atoms with E-state index in [9.17, 15) is 0 Å². The van der Waals surface area contributed by atoms with E-state index in [1.807, 2.05) is 0 Å². The Labute approximate surface area is 99.7 Å². The minimum atomic E-state index is 0.0751. The first kappa shape index (κ1) is 12.4. The van der Waals surface area contributed by atoms with Crippen LogP contribution in [0.4, 0.5) is 0 Å². The summed E-state index contributed by atoms with van der Waals surface area (Å²) in [6.45, 7) is 11.3. The van der Waals surface area contributed by atoms with Crippen LogP contribution in [0.3, 0.4) is 0 Å². The van der Waals surface area contributed by atoms with Crippen LogP contribution in [0.1, 0.15) is 53.9 Å². The van der Waals surface area contributed by atoms with Crippen molar-refractivity contribution in [1.82, 2.24) is 0 Å². The summed E-state index contributed by atoms with van der Waals surface area (Å²) < 4.78 is 12.0. The average Bonchev–Trinajstić information content (AvgIpc) is 2.78. The van der Waals surface area contributed by atoms with Crippen molar-refractivity contribution in [2.24, 2.45) is 17.3 Å². The van der Waals surface area contributed by atoms with Crippen LogP contribution < -0.4 is 0 Å². The Bertz CT molecular complexity index is 244. The first-order valence-electron chi connectivity index (χ1n) is 6.66. The van der Waals surface area contributed by atoms with E-state index in [0.717, 1.165) is 18.8 Å². The highest BCUT2D eigenvalue weighted by Crippen LogP contribution is 2.45. The molecule has 1 heterocycles. The molecule has 0 aromatic rings. The molecule has 0 N–H and O–H groups in total. The summed E-state index contributed by atoms with van der Waals surface area (Å²) >= 11 is 0. The zero-order valence-corrected chi connectivity index (χ0v) is 11.3. The summed E-state index contributed by atoms with van der Waals surface area (Å²) in [5.41, 5.74) is 0.349. The van der Waals surface area contributed by atoms with Gasteiger partial charge in [-0.15, -0.1) is 0 Å². The standard InChI is InChI=1S/C14H26O2/c1-9-6-12(9)13-15-10(2)7-11(16-13)8-14(3,4)5/h9-13H,6-8H2,1-5H3. The molecule has 0 bridgehead atoms. The number of hydrogen-bond donors (Lipinski definition) is 0. The second kappa shape index (κ2) is 4.30. The maximum atomic E-state index is 6.10. The Morgan fingerprint density at radius 1 is 1.06 bits per heavy atom. The smallest absolute Gasteiger partial charge is 0.161 e. The molecule has 5 unspecified atom stereocenters. The molecule has 2 nitrogen and oxygen atoms in total. The molecule has 0 spiro atoms. The molecule has 1 saturated carbocycles. The molecule has 2 rings (SSSR count). The molecule has 2 fully saturated rings. The quantitative estimate of drug-likeness (QED) is 0.716. The van der Waals surface area contributed by atoms with Gasteiger partial charge in [-0.1, -0.05) is 27.7 Å². The summed E-state index contributed by atoms with van der Waals surface area (Å²) in [6.07, 6.45) is 4.29. The minimum Gasteiger partial charge on any atom is -0.349 e. The predicted molar refractivity (Wildman–Crippen MR) is 65.2 cm³/mol. The summed E-state index contributed by atoms with van der Waals surface area (Å²) in [4.78, 5) is 0. The van der Waals surface area contributed by atoms with Gasteiger partial charge >= 0.3 is 0 Å². The van der Waals surface area contributed by atoms with Crippen molar-refractivity contribution in [1.29, 1.82) is 0 Å². The molecular weight excluding hydrogens is 200 g/mol. The van der Waals surface area contributed by atoms with Crippen molar-refractivity contribution in [2.45, 2.75) is 72.4 Å². The second-order valence-corrected chi connectivity index (χ2v) is 6.95. The third kappa shape index (κ3) is 3.21. The van der Waals surface area contributed by atoms with Gasteiger partial charge in [-0.25, -0.2) is 0 Å². The van der Waals surface area contributed by atoms with Gasteiger partial charge in [-0.05, 0) is 37.5 Å². The molecule has 94 valence electrons. The lowest BCUT2D eigenvalue weighted by Crippen LogP contribution is -2.40. The molecule has 0 aromatic carbocycles. The van der Waals surface area contributed by atoms with Gasteiger partial charge in [0.25, 0.3) is 0 Å². The third-order valence-corrected chi connectivity index (χ3v) is 3.65. The Balaban J connectivity index is 1.89. The summed E-state index contributed by atoms with van der Waals surface area (Å²) in [5.74, 6) is 1.45. The normalized spacial score (nSPS) is 44.4. The Hall–Kier alpha value is -0.0800. The van der Waals surface area contributed by atoms with Crippen molar-refractivity contribution >= 4 is 0 Å². The van der Waals surface area contributed by atoms with Crippen LogP contribution in [-0.2, 0) is 9.47 Å². The van der Waals surface area contributed by atoms with Crippen LogP contribution in [0.15, 0.2) is 0 Å². The van der Waals surface area contributed by atoms with Crippen LogP contribution in [0.25, 0.3) is 0 Å². The fraction of sp³-hybridized carbons (Fsp3) is 1.00. The van der Waals surface area contributed by atoms with Crippen molar-refractivity contribution in [3.8, 4) is 0 Å². The van der Waals surface area contributed by atoms with E-state index in [-0.39, 0.29) is 6.29 Å². The molecule has 16 heavy (non-hydrogen) atoms. The van der Waals surface area contributed by atoms with Gasteiger partial charge in [0.05, 0.1) is 12.2 Å². The summed E-state index contributed by atoms with van der Waals surface area (Å²) in [7, 11) is 0. The first-order valence-corrected chi connectivity index (χ1v) is 6.66. The molecular formula is C14H26O2. The van der Waals surface area contributed by atoms with Crippen molar-refractivity contribution in [3.63, 3.8) is 0 Å². The molecule has 0 amide bonds. The maximum absolute atomic E-state index is 6.10. The SMILES string of the molecule is CC1CC(CC(C)(C)C)OC(C2CC2C)O1. The van der Waals surface area contributed by atoms with E-state index in [1.165, 1.54) is 6.42 Å². The largest absolute Gasteiger partial charge is 0.349 e. The number of ether oxygens (including phenoxy) is 2. The highest BCUT2D eigenvalue weighted by molar-refractivity contribution is 4.88. The van der Waals surface area contributed by atoms with E-state index >= 15 is 0 Å². The van der Waals surface area contributed by atoms with Crippen LogP contribution >= 0.6 is 0 Å². The van der Waals surface area contributed by atoms with Crippen molar-refractivity contribution < 1.29 is 9.47 Å². The molecule has 2 aliphatic rings. The van der Waals surface area contributed by atoms with Gasteiger partial charge < -0.3 is 9.47 Å². The van der Waals surface area contributed by atoms with Gasteiger partial charge in [0.1, 0.15) is 0 Å². The zero-order valence-electron chi connectivity index (χ0n) is 11.3. The van der Waals surface area contributed by atoms with Crippen molar-refractivity contribution in [2.75, 3.05) is 0 Å². The monoisotopic (exact) mass is 226 g/mol. The number of hydrogen-bond acceptors (Lipinski definition) is 2. The minimum absolute atomic E-state index is 0.0751. The number of rotatable bonds is 2. The van der Waals surface area contributed by atoms with Gasteiger partial charge in [-0.3, -0.25) is 0 Å². The highest BCUT2D eigenvalue weighted by atomic mass is 16.7. The van der Waals surface area contributed by atoms with Crippen LogP contribution in [0.5, 0.6) is 0 Å². The topological polar surface area (TPSA) is 18.5 Å². The highest BCUT2D eigenvalue weighted by Gasteiger charge is 2.45. The van der Waals surface area contributed by atoms with Crippen LogP contribution in [0.2, 0.25) is 0 Å². The predicted octanol–water partition coefficient (Wildman–Crippen LogP) is 3.60. The van der Waals surface area contributed by atoms with Gasteiger partial charge in [0.2, 0.25) is 0 Å². The molecule has 1 saturated heterocycles. The van der Waals surface area contributed by atoms with Crippen LogP contribution in [-0.4, -0.2) is 18.5 Å².